The van der Waals surface area contributed by atoms with Gasteiger partial charge in [-0.25, -0.2) is 0 Å². The van der Waals surface area contributed by atoms with Crippen molar-refractivity contribution in [3.05, 3.63) is 70.7 Å². The molecule has 2 aromatic carbocycles. The van der Waals surface area contributed by atoms with E-state index >= 15 is 0 Å². The third-order valence-electron chi connectivity index (χ3n) is 7.23. The van der Waals surface area contributed by atoms with Crippen molar-refractivity contribution in [2.24, 2.45) is 5.92 Å². The lowest BCUT2D eigenvalue weighted by atomic mass is 9.67. The molecule has 0 saturated heterocycles. The van der Waals surface area contributed by atoms with Crippen LogP contribution in [0.25, 0.3) is 0 Å². The lowest BCUT2D eigenvalue weighted by Gasteiger charge is -2.37. The third-order valence-corrected chi connectivity index (χ3v) is 7.56. The molecule has 3 rings (SSSR count). The maximum absolute atomic E-state index is 10.5. The van der Waals surface area contributed by atoms with Crippen molar-refractivity contribution in [2.75, 3.05) is 13.1 Å². The molecular weight excluding hydrogens is 400 g/mol. The van der Waals surface area contributed by atoms with Gasteiger partial charge in [-0.05, 0) is 75.1 Å². The molecular formula is C28H37ClN2. The summed E-state index contributed by atoms with van der Waals surface area (Å²) in [6, 6.07) is 22.0. The summed E-state index contributed by atoms with van der Waals surface area (Å²) in [6.45, 7) is 6.76. The molecule has 1 aliphatic carbocycles. The van der Waals surface area contributed by atoms with Crippen molar-refractivity contribution >= 4 is 11.6 Å². The maximum Gasteiger partial charge on any atom is 0.0865 e. The van der Waals surface area contributed by atoms with Crippen LogP contribution in [0.1, 0.15) is 69.9 Å². The average Bonchev–Trinajstić information content (AvgIpc) is 3.34. The SMILES string of the molecule is CCCN(CCc1ccccc1)C(C)CCC(C#N)(c1ccccc1Cl)C1CCCC1. The molecule has 1 aliphatic rings. The van der Waals surface area contributed by atoms with Crippen LogP contribution in [-0.2, 0) is 11.8 Å². The fraction of sp³-hybridized carbons (Fsp3) is 0.536. The molecule has 0 amide bonds. The van der Waals surface area contributed by atoms with Gasteiger partial charge in [0.15, 0.2) is 0 Å². The number of hydrogen-bond donors (Lipinski definition) is 0. The van der Waals surface area contributed by atoms with Crippen molar-refractivity contribution in [2.45, 2.75) is 76.7 Å². The summed E-state index contributed by atoms with van der Waals surface area (Å²) in [5.41, 5.74) is 1.97. The summed E-state index contributed by atoms with van der Waals surface area (Å²) < 4.78 is 0. The van der Waals surface area contributed by atoms with Gasteiger partial charge in [0.25, 0.3) is 0 Å². The molecule has 2 aromatic rings. The summed E-state index contributed by atoms with van der Waals surface area (Å²) in [5.74, 6) is 0.411. The Labute approximate surface area is 194 Å². The molecule has 0 aliphatic heterocycles. The number of nitrogens with zero attached hydrogens (tertiary/aromatic N) is 2. The first-order chi connectivity index (χ1) is 15.1. The Bertz CT molecular complexity index is 838. The minimum atomic E-state index is -0.472. The van der Waals surface area contributed by atoms with Crippen molar-refractivity contribution in [3.63, 3.8) is 0 Å². The van der Waals surface area contributed by atoms with E-state index in [9.17, 15) is 5.26 Å². The Balaban J connectivity index is 1.74. The van der Waals surface area contributed by atoms with Gasteiger partial charge in [-0.2, -0.15) is 5.26 Å². The Hall–Kier alpha value is -1.82. The molecule has 31 heavy (non-hydrogen) atoms. The van der Waals surface area contributed by atoms with Crippen molar-refractivity contribution < 1.29 is 0 Å². The molecule has 166 valence electrons. The van der Waals surface area contributed by atoms with Gasteiger partial charge in [0.05, 0.1) is 11.5 Å². The number of hydrogen-bond acceptors (Lipinski definition) is 2. The van der Waals surface area contributed by atoms with E-state index in [-0.39, 0.29) is 0 Å². The fourth-order valence-electron chi connectivity index (χ4n) is 5.38. The highest BCUT2D eigenvalue weighted by Crippen LogP contribution is 2.47. The number of nitriles is 1. The lowest BCUT2D eigenvalue weighted by molar-refractivity contribution is 0.184. The predicted molar refractivity (Wildman–Crippen MR) is 131 cm³/mol. The van der Waals surface area contributed by atoms with Gasteiger partial charge in [-0.1, -0.05) is 79.9 Å². The molecule has 0 aromatic heterocycles. The van der Waals surface area contributed by atoms with Crippen LogP contribution in [0.3, 0.4) is 0 Å². The molecule has 2 nitrogen and oxygen atoms in total. The Morgan fingerprint density at radius 3 is 2.39 bits per heavy atom. The standard InChI is InChI=1S/C28H37ClN2/c1-3-20-31(21-18-24-11-5-4-6-12-24)23(2)17-19-28(22-30,25-13-7-8-14-25)26-15-9-10-16-27(26)29/h4-6,9-12,15-16,23,25H,3,7-8,13-14,17-21H2,1-2H3. The minimum absolute atomic E-state index is 0.411. The highest BCUT2D eigenvalue weighted by molar-refractivity contribution is 6.31. The van der Waals surface area contributed by atoms with Crippen LogP contribution >= 0.6 is 11.6 Å². The van der Waals surface area contributed by atoms with E-state index in [2.05, 4.69) is 61.2 Å². The van der Waals surface area contributed by atoms with E-state index in [1.54, 1.807) is 0 Å². The van der Waals surface area contributed by atoms with Crippen LogP contribution in [0.2, 0.25) is 5.02 Å². The Morgan fingerprint density at radius 2 is 1.74 bits per heavy atom. The molecule has 1 saturated carbocycles. The number of benzene rings is 2. The summed E-state index contributed by atoms with van der Waals surface area (Å²) in [7, 11) is 0. The second-order valence-corrected chi connectivity index (χ2v) is 9.61. The van der Waals surface area contributed by atoms with Crippen molar-refractivity contribution in [1.82, 2.24) is 4.90 Å². The molecule has 1 fully saturated rings. The minimum Gasteiger partial charge on any atom is -0.300 e. The van der Waals surface area contributed by atoms with Gasteiger partial charge < -0.3 is 4.90 Å². The quantitative estimate of drug-likeness (QED) is 0.366. The second-order valence-electron chi connectivity index (χ2n) is 9.20. The second kappa shape index (κ2) is 11.7. The topological polar surface area (TPSA) is 27.0 Å². The molecule has 0 spiro atoms. The zero-order valence-corrected chi connectivity index (χ0v) is 20.0. The zero-order valence-electron chi connectivity index (χ0n) is 19.2. The molecule has 0 N–H and O–H groups in total. The van der Waals surface area contributed by atoms with E-state index in [0.717, 1.165) is 62.2 Å². The summed E-state index contributed by atoms with van der Waals surface area (Å²) in [4.78, 5) is 2.61. The van der Waals surface area contributed by atoms with Crippen LogP contribution in [0.15, 0.2) is 54.6 Å². The van der Waals surface area contributed by atoms with E-state index in [1.807, 2.05) is 18.2 Å². The van der Waals surface area contributed by atoms with Crippen LogP contribution in [-0.4, -0.2) is 24.0 Å². The van der Waals surface area contributed by atoms with E-state index in [0.29, 0.717) is 12.0 Å². The largest absolute Gasteiger partial charge is 0.300 e. The summed E-state index contributed by atoms with van der Waals surface area (Å²) in [6.07, 6.45) is 8.85. The molecule has 0 radical (unpaired) electrons. The fourth-order valence-corrected chi connectivity index (χ4v) is 5.69. The van der Waals surface area contributed by atoms with Crippen molar-refractivity contribution in [1.29, 1.82) is 5.26 Å². The Kier molecular flexibility index (Phi) is 9.00. The molecule has 2 atom stereocenters. The van der Waals surface area contributed by atoms with Gasteiger partial charge in [0, 0.05) is 17.6 Å². The van der Waals surface area contributed by atoms with Gasteiger partial charge in [0.1, 0.15) is 0 Å². The van der Waals surface area contributed by atoms with Crippen LogP contribution in [0.5, 0.6) is 0 Å². The van der Waals surface area contributed by atoms with Gasteiger partial charge >= 0.3 is 0 Å². The smallest absolute Gasteiger partial charge is 0.0865 e. The van der Waals surface area contributed by atoms with Gasteiger partial charge in [-0.3, -0.25) is 0 Å². The predicted octanol–water partition coefficient (Wildman–Crippen LogP) is 7.41. The molecule has 0 bridgehead atoms. The number of halogens is 1. The molecule has 2 unspecified atom stereocenters. The summed E-state index contributed by atoms with van der Waals surface area (Å²) in [5, 5.41) is 11.2. The third kappa shape index (κ3) is 5.91. The van der Waals surface area contributed by atoms with Crippen LogP contribution in [0.4, 0.5) is 0 Å². The van der Waals surface area contributed by atoms with Gasteiger partial charge in [-0.15, -0.1) is 0 Å². The molecule has 3 heteroatoms. The zero-order chi connectivity index (χ0) is 22.1. The highest BCUT2D eigenvalue weighted by Gasteiger charge is 2.43. The van der Waals surface area contributed by atoms with E-state index < -0.39 is 5.41 Å². The maximum atomic E-state index is 10.5. The van der Waals surface area contributed by atoms with E-state index in [1.165, 1.54) is 18.4 Å². The average molecular weight is 437 g/mol. The highest BCUT2D eigenvalue weighted by atomic mass is 35.5. The first-order valence-electron chi connectivity index (χ1n) is 12.0. The van der Waals surface area contributed by atoms with Gasteiger partial charge in [0.2, 0.25) is 0 Å². The van der Waals surface area contributed by atoms with Crippen LogP contribution < -0.4 is 0 Å². The summed E-state index contributed by atoms with van der Waals surface area (Å²) >= 11 is 6.65. The lowest BCUT2D eigenvalue weighted by Crippen LogP contribution is -2.39. The molecule has 0 heterocycles. The van der Waals surface area contributed by atoms with E-state index in [4.69, 9.17) is 11.6 Å². The van der Waals surface area contributed by atoms with Crippen molar-refractivity contribution in [3.8, 4) is 6.07 Å². The monoisotopic (exact) mass is 436 g/mol. The first-order valence-corrected chi connectivity index (χ1v) is 12.4. The normalized spacial score (nSPS) is 17.4. The Morgan fingerprint density at radius 1 is 1.06 bits per heavy atom. The van der Waals surface area contributed by atoms with Crippen LogP contribution in [0, 0.1) is 17.2 Å². The number of rotatable bonds is 11. The first kappa shape index (κ1) is 23.8.